The Balaban J connectivity index is 1.60. The van der Waals surface area contributed by atoms with Crippen LogP contribution < -0.4 is 15.5 Å². The summed E-state index contributed by atoms with van der Waals surface area (Å²) in [4.78, 5) is 28.3. The van der Waals surface area contributed by atoms with E-state index in [9.17, 15) is 9.90 Å². The number of nitrogens with zero attached hydrogens (tertiary/aromatic N) is 4. The van der Waals surface area contributed by atoms with E-state index in [0.29, 0.717) is 28.5 Å². The van der Waals surface area contributed by atoms with E-state index < -0.39 is 0 Å². The maximum atomic E-state index is 13.1. The molecule has 2 aromatic heterocycles. The van der Waals surface area contributed by atoms with Crippen LogP contribution in [0.1, 0.15) is 36.0 Å². The monoisotopic (exact) mass is 406 g/mol. The number of fused-ring (bicyclic) bond motifs is 1. The van der Waals surface area contributed by atoms with Crippen LogP contribution in [0.25, 0.3) is 10.9 Å². The number of rotatable bonds is 5. The third kappa shape index (κ3) is 4.33. The van der Waals surface area contributed by atoms with E-state index in [1.54, 1.807) is 24.5 Å². The van der Waals surface area contributed by atoms with E-state index in [2.05, 4.69) is 25.6 Å². The number of nitrogens with one attached hydrogen (secondary N) is 2. The standard InChI is InChI=1S/C22H26N6O2/c1-28(2)20-18(7-4-12-23-20)26-21(30)17-6-3-5-14-13-24-22(27-19(14)17)25-15-8-10-16(29)11-9-15/h3-7,12-13,15-16,29H,8-11H2,1-2H3,(H,26,30)(H,24,25,27)/t15-,16-. The lowest BCUT2D eigenvalue weighted by molar-refractivity contribution is 0.102. The van der Waals surface area contributed by atoms with Gasteiger partial charge in [-0.25, -0.2) is 15.0 Å². The Morgan fingerprint density at radius 2 is 1.90 bits per heavy atom. The summed E-state index contributed by atoms with van der Waals surface area (Å²) in [6.07, 6.45) is 6.51. The molecule has 1 aliphatic rings. The van der Waals surface area contributed by atoms with Gasteiger partial charge < -0.3 is 20.6 Å². The summed E-state index contributed by atoms with van der Waals surface area (Å²) in [5, 5.41) is 16.8. The molecule has 4 rings (SSSR count). The molecule has 1 aromatic carbocycles. The molecule has 3 aromatic rings. The fourth-order valence-electron chi connectivity index (χ4n) is 3.75. The number of pyridine rings is 1. The first kappa shape index (κ1) is 20.0. The molecule has 1 amide bonds. The molecule has 0 aliphatic heterocycles. The van der Waals surface area contributed by atoms with Gasteiger partial charge >= 0.3 is 0 Å². The van der Waals surface area contributed by atoms with Gasteiger partial charge in [0.2, 0.25) is 5.95 Å². The highest BCUT2D eigenvalue weighted by molar-refractivity contribution is 6.12. The molecule has 3 N–H and O–H groups in total. The Morgan fingerprint density at radius 3 is 2.67 bits per heavy atom. The Morgan fingerprint density at radius 1 is 1.10 bits per heavy atom. The number of aliphatic hydroxyl groups excluding tert-OH is 1. The molecule has 1 saturated carbocycles. The Kier molecular flexibility index (Phi) is 5.76. The molecule has 1 fully saturated rings. The predicted octanol–water partition coefficient (Wildman–Crippen LogP) is 3.06. The van der Waals surface area contributed by atoms with Crippen molar-refractivity contribution in [3.63, 3.8) is 0 Å². The minimum absolute atomic E-state index is 0.213. The number of benzene rings is 1. The lowest BCUT2D eigenvalue weighted by Crippen LogP contribution is -2.29. The number of aromatic nitrogens is 3. The van der Waals surface area contributed by atoms with Crippen LogP contribution in [-0.2, 0) is 0 Å². The first-order valence-corrected chi connectivity index (χ1v) is 10.2. The van der Waals surface area contributed by atoms with Crippen molar-refractivity contribution in [2.75, 3.05) is 29.6 Å². The normalized spacial score (nSPS) is 18.8. The molecular formula is C22H26N6O2. The first-order chi connectivity index (χ1) is 14.5. The first-order valence-electron chi connectivity index (χ1n) is 10.2. The van der Waals surface area contributed by atoms with Crippen molar-refractivity contribution in [3.05, 3.63) is 48.3 Å². The van der Waals surface area contributed by atoms with Crippen molar-refractivity contribution in [1.82, 2.24) is 15.0 Å². The third-order valence-corrected chi connectivity index (χ3v) is 5.34. The van der Waals surface area contributed by atoms with Gasteiger partial charge in [0.1, 0.15) is 0 Å². The average molecular weight is 406 g/mol. The van der Waals surface area contributed by atoms with Crippen LogP contribution in [-0.4, -0.2) is 52.2 Å². The number of carbonyl (C=O) groups excluding carboxylic acids is 1. The Labute approximate surface area is 175 Å². The van der Waals surface area contributed by atoms with Crippen LogP contribution in [0.15, 0.2) is 42.7 Å². The maximum Gasteiger partial charge on any atom is 0.257 e. The van der Waals surface area contributed by atoms with Gasteiger partial charge in [0.15, 0.2) is 5.82 Å². The van der Waals surface area contributed by atoms with Gasteiger partial charge in [-0.15, -0.1) is 0 Å². The summed E-state index contributed by atoms with van der Waals surface area (Å²) in [5.41, 5.74) is 1.71. The Bertz CT molecular complexity index is 1050. The molecule has 0 atom stereocenters. The van der Waals surface area contributed by atoms with Crippen LogP contribution in [0.5, 0.6) is 0 Å². The Hall–Kier alpha value is -3.26. The number of amides is 1. The summed E-state index contributed by atoms with van der Waals surface area (Å²) in [6.45, 7) is 0. The van der Waals surface area contributed by atoms with Crippen LogP contribution in [0.3, 0.4) is 0 Å². The molecule has 8 heteroatoms. The van der Waals surface area contributed by atoms with Crippen LogP contribution in [0.2, 0.25) is 0 Å². The van der Waals surface area contributed by atoms with Crippen molar-refractivity contribution < 1.29 is 9.90 Å². The number of carbonyl (C=O) groups is 1. The molecule has 30 heavy (non-hydrogen) atoms. The molecule has 1 aliphatic carbocycles. The van der Waals surface area contributed by atoms with Crippen molar-refractivity contribution in [2.45, 2.75) is 37.8 Å². The lowest BCUT2D eigenvalue weighted by atomic mass is 9.93. The quantitative estimate of drug-likeness (QED) is 0.598. The summed E-state index contributed by atoms with van der Waals surface area (Å²) in [5.74, 6) is 0.934. The largest absolute Gasteiger partial charge is 0.393 e. The van der Waals surface area contributed by atoms with Gasteiger partial charge in [-0.2, -0.15) is 0 Å². The van der Waals surface area contributed by atoms with Gasteiger partial charge in [0.05, 0.1) is 22.9 Å². The summed E-state index contributed by atoms with van der Waals surface area (Å²) in [7, 11) is 3.76. The number of aliphatic hydroxyl groups is 1. The highest BCUT2D eigenvalue weighted by Gasteiger charge is 2.20. The van der Waals surface area contributed by atoms with Crippen molar-refractivity contribution >= 4 is 34.3 Å². The lowest BCUT2D eigenvalue weighted by Gasteiger charge is -2.26. The van der Waals surface area contributed by atoms with E-state index in [0.717, 1.165) is 31.1 Å². The number of hydrogen-bond donors (Lipinski definition) is 3. The van der Waals surface area contributed by atoms with Gasteiger partial charge in [-0.3, -0.25) is 4.79 Å². The number of para-hydroxylation sites is 1. The van der Waals surface area contributed by atoms with E-state index in [1.807, 2.05) is 37.2 Å². The predicted molar refractivity (Wildman–Crippen MR) is 118 cm³/mol. The third-order valence-electron chi connectivity index (χ3n) is 5.34. The highest BCUT2D eigenvalue weighted by atomic mass is 16.3. The summed E-state index contributed by atoms with van der Waals surface area (Å²) in [6, 6.07) is 9.32. The molecule has 0 saturated heterocycles. The van der Waals surface area contributed by atoms with E-state index in [4.69, 9.17) is 0 Å². The molecule has 8 nitrogen and oxygen atoms in total. The highest BCUT2D eigenvalue weighted by Crippen LogP contribution is 2.25. The molecule has 0 bridgehead atoms. The smallest absolute Gasteiger partial charge is 0.257 e. The van der Waals surface area contributed by atoms with Crippen LogP contribution >= 0.6 is 0 Å². The number of hydrogen-bond acceptors (Lipinski definition) is 7. The van der Waals surface area contributed by atoms with Crippen molar-refractivity contribution in [3.8, 4) is 0 Å². The second-order valence-corrected chi connectivity index (χ2v) is 7.81. The zero-order valence-corrected chi connectivity index (χ0v) is 17.2. The second kappa shape index (κ2) is 8.62. The van der Waals surface area contributed by atoms with Gasteiger partial charge in [-0.1, -0.05) is 12.1 Å². The van der Waals surface area contributed by atoms with E-state index in [-0.39, 0.29) is 18.1 Å². The molecule has 0 spiro atoms. The minimum Gasteiger partial charge on any atom is -0.393 e. The molecule has 2 heterocycles. The average Bonchev–Trinajstić information content (AvgIpc) is 2.75. The molecule has 156 valence electrons. The fourth-order valence-corrected chi connectivity index (χ4v) is 3.75. The molecule has 0 unspecified atom stereocenters. The zero-order valence-electron chi connectivity index (χ0n) is 17.2. The van der Waals surface area contributed by atoms with Crippen molar-refractivity contribution in [2.24, 2.45) is 0 Å². The zero-order chi connectivity index (χ0) is 21.1. The number of anilines is 3. The molecular weight excluding hydrogens is 380 g/mol. The van der Waals surface area contributed by atoms with E-state index in [1.165, 1.54) is 0 Å². The van der Waals surface area contributed by atoms with E-state index >= 15 is 0 Å². The molecule has 0 radical (unpaired) electrons. The maximum absolute atomic E-state index is 13.1. The van der Waals surface area contributed by atoms with Crippen LogP contribution in [0, 0.1) is 0 Å². The van der Waals surface area contributed by atoms with Gasteiger partial charge in [-0.05, 0) is 43.9 Å². The summed E-state index contributed by atoms with van der Waals surface area (Å²) >= 11 is 0. The topological polar surface area (TPSA) is 103 Å². The minimum atomic E-state index is -0.248. The SMILES string of the molecule is CN(C)c1ncccc1NC(=O)c1cccc2cnc(N[C@H]3CC[C@H](O)CC3)nc12. The van der Waals surface area contributed by atoms with Crippen molar-refractivity contribution in [1.29, 1.82) is 0 Å². The van der Waals surface area contributed by atoms with Crippen LogP contribution in [0.4, 0.5) is 17.5 Å². The second-order valence-electron chi connectivity index (χ2n) is 7.81. The van der Waals surface area contributed by atoms with Gasteiger partial charge in [0, 0.05) is 37.9 Å². The fraction of sp³-hybridized carbons (Fsp3) is 0.364. The van der Waals surface area contributed by atoms with Gasteiger partial charge in [0.25, 0.3) is 5.91 Å². The summed E-state index contributed by atoms with van der Waals surface area (Å²) < 4.78 is 0.